The number of amides is 1. The summed E-state index contributed by atoms with van der Waals surface area (Å²) in [5, 5.41) is 3.73. The second-order valence-corrected chi connectivity index (χ2v) is 9.75. The fourth-order valence-electron chi connectivity index (χ4n) is 3.76. The smallest absolute Gasteiger partial charge is 0.329 e. The van der Waals surface area contributed by atoms with Crippen LogP contribution < -0.4 is 10.9 Å². The lowest BCUT2D eigenvalue weighted by Crippen LogP contribution is -2.29. The molecule has 4 aromatic rings. The van der Waals surface area contributed by atoms with Crippen molar-refractivity contribution in [3.05, 3.63) is 91.3 Å². The maximum Gasteiger partial charge on any atom is 0.329 e. The van der Waals surface area contributed by atoms with E-state index in [1.54, 1.807) is 38.1 Å². The number of esters is 1. The fourth-order valence-corrected chi connectivity index (χ4v) is 4.99. The van der Waals surface area contributed by atoms with Gasteiger partial charge in [0.15, 0.2) is 0 Å². The molecule has 0 bridgehead atoms. The third-order valence-electron chi connectivity index (χ3n) is 5.80. The molecule has 1 amide bonds. The van der Waals surface area contributed by atoms with Crippen molar-refractivity contribution in [2.75, 3.05) is 5.32 Å². The van der Waals surface area contributed by atoms with Gasteiger partial charge in [-0.2, -0.15) is 0 Å². The first-order valence-electron chi connectivity index (χ1n) is 11.0. The van der Waals surface area contributed by atoms with E-state index in [2.05, 4.69) is 10.3 Å². The van der Waals surface area contributed by atoms with Gasteiger partial charge in [-0.25, -0.2) is 9.78 Å². The maximum atomic E-state index is 13.3. The molecular weight excluding hydrogens is 486 g/mol. The van der Waals surface area contributed by atoms with Crippen molar-refractivity contribution >= 4 is 50.7 Å². The maximum absolute atomic E-state index is 13.3. The second kappa shape index (κ2) is 10.0. The van der Waals surface area contributed by atoms with Crippen molar-refractivity contribution in [2.24, 2.45) is 0 Å². The van der Waals surface area contributed by atoms with Gasteiger partial charge in [-0.05, 0) is 51.0 Å². The van der Waals surface area contributed by atoms with Crippen LogP contribution in [0.1, 0.15) is 44.9 Å². The molecule has 0 radical (unpaired) electrons. The van der Waals surface area contributed by atoms with Crippen LogP contribution in [-0.2, 0) is 16.1 Å². The molecule has 0 aliphatic carbocycles. The Labute approximate surface area is 211 Å². The summed E-state index contributed by atoms with van der Waals surface area (Å²) in [6.07, 6.45) is 1.31. The molecule has 2 heterocycles. The van der Waals surface area contributed by atoms with Crippen molar-refractivity contribution in [1.82, 2.24) is 9.55 Å². The number of rotatable bonds is 6. The van der Waals surface area contributed by atoms with Crippen LogP contribution in [0.4, 0.5) is 5.69 Å². The van der Waals surface area contributed by atoms with Crippen LogP contribution in [0.25, 0.3) is 10.2 Å². The molecular formula is C26H24ClN3O4S. The zero-order valence-corrected chi connectivity index (χ0v) is 21.3. The Kier molecular flexibility index (Phi) is 7.05. The Balaban J connectivity index is 1.58. The number of thiophene rings is 1. The van der Waals surface area contributed by atoms with E-state index >= 15 is 0 Å². The van der Waals surface area contributed by atoms with E-state index in [9.17, 15) is 14.4 Å². The second-order valence-electron chi connectivity index (χ2n) is 8.34. The molecule has 0 fully saturated rings. The summed E-state index contributed by atoms with van der Waals surface area (Å²) in [5.74, 6) is -0.899. The normalized spacial score (nSPS) is 11.9. The molecule has 4 rings (SSSR count). The van der Waals surface area contributed by atoms with E-state index < -0.39 is 17.6 Å². The minimum absolute atomic E-state index is 0.00645. The van der Waals surface area contributed by atoms with Crippen molar-refractivity contribution in [1.29, 1.82) is 0 Å². The Morgan fingerprint density at radius 2 is 1.91 bits per heavy atom. The van der Waals surface area contributed by atoms with E-state index in [0.29, 0.717) is 36.9 Å². The van der Waals surface area contributed by atoms with Crippen LogP contribution in [0.2, 0.25) is 5.02 Å². The van der Waals surface area contributed by atoms with E-state index in [1.807, 2.05) is 32.0 Å². The molecule has 1 atom stereocenters. The average Bonchev–Trinajstić information content (AvgIpc) is 3.17. The lowest BCUT2D eigenvalue weighted by Gasteiger charge is -2.14. The molecule has 2 aromatic carbocycles. The molecule has 7 nitrogen and oxygen atoms in total. The topological polar surface area (TPSA) is 90.3 Å². The summed E-state index contributed by atoms with van der Waals surface area (Å²) in [4.78, 5) is 44.1. The summed E-state index contributed by atoms with van der Waals surface area (Å²) in [5.41, 5.74) is 3.54. The van der Waals surface area contributed by atoms with Gasteiger partial charge in [-0.3, -0.25) is 14.2 Å². The highest BCUT2D eigenvalue weighted by atomic mass is 35.5. The molecule has 0 saturated carbocycles. The number of aryl methyl sites for hydroxylation is 3. The van der Waals surface area contributed by atoms with E-state index in [4.69, 9.17) is 16.3 Å². The van der Waals surface area contributed by atoms with Crippen LogP contribution >= 0.6 is 22.9 Å². The van der Waals surface area contributed by atoms with Crippen LogP contribution in [-0.4, -0.2) is 21.4 Å². The number of nitrogens with one attached hydrogen (secondary N) is 1. The predicted molar refractivity (Wildman–Crippen MR) is 138 cm³/mol. The molecule has 9 heteroatoms. The number of anilines is 1. The van der Waals surface area contributed by atoms with Gasteiger partial charge in [-0.15, -0.1) is 11.3 Å². The Bertz CT molecular complexity index is 1510. The Morgan fingerprint density at radius 1 is 1.17 bits per heavy atom. The number of aromatic nitrogens is 2. The minimum atomic E-state index is -0.909. The first-order valence-corrected chi connectivity index (χ1v) is 12.2. The summed E-state index contributed by atoms with van der Waals surface area (Å²) >= 11 is 7.26. The predicted octanol–water partition coefficient (Wildman–Crippen LogP) is 5.59. The van der Waals surface area contributed by atoms with Crippen LogP contribution in [0.15, 0.2) is 53.6 Å². The van der Waals surface area contributed by atoms with Crippen LogP contribution in [0, 0.1) is 20.8 Å². The van der Waals surface area contributed by atoms with Crippen molar-refractivity contribution < 1.29 is 14.3 Å². The molecule has 0 saturated heterocycles. The number of nitrogens with zero attached hydrogens (tertiary/aromatic N) is 2. The highest BCUT2D eigenvalue weighted by Crippen LogP contribution is 2.29. The van der Waals surface area contributed by atoms with Gasteiger partial charge in [0, 0.05) is 16.3 Å². The number of carbonyl (C=O) groups excluding carboxylic acids is 2. The molecule has 0 unspecified atom stereocenters. The molecule has 180 valence electrons. The van der Waals surface area contributed by atoms with Gasteiger partial charge in [0.05, 0.1) is 16.6 Å². The Hall–Kier alpha value is -3.49. The quantitative estimate of drug-likeness (QED) is 0.342. The van der Waals surface area contributed by atoms with Gasteiger partial charge in [0.1, 0.15) is 17.5 Å². The van der Waals surface area contributed by atoms with Crippen molar-refractivity contribution in [3.63, 3.8) is 0 Å². The fraction of sp³-hybridized carbons (Fsp3) is 0.231. The lowest BCUT2D eigenvalue weighted by molar-refractivity contribution is -0.148. The monoisotopic (exact) mass is 509 g/mol. The molecule has 0 aliphatic rings. The van der Waals surface area contributed by atoms with Gasteiger partial charge < -0.3 is 10.1 Å². The third-order valence-corrected chi connectivity index (χ3v) is 7.37. The van der Waals surface area contributed by atoms with Gasteiger partial charge >= 0.3 is 5.97 Å². The average molecular weight is 510 g/mol. The molecule has 2 aromatic heterocycles. The van der Waals surface area contributed by atoms with E-state index in [0.717, 1.165) is 22.5 Å². The standard InChI is InChI=1S/C26H24ClN3O4S/c1-14-9-10-20(15(2)11-14)29-23(31)22-16(3)21-24(35-22)28-13-30(25(21)32)17(4)26(33)34-12-18-7-5-6-8-19(18)27/h5-11,13,17H,12H2,1-4H3,(H,29,31)/t17-/m1/s1. The summed E-state index contributed by atoms with van der Waals surface area (Å²) in [7, 11) is 0. The SMILES string of the molecule is Cc1ccc(NC(=O)c2sc3ncn([C@H](C)C(=O)OCc4ccccc4Cl)c(=O)c3c2C)c(C)c1. The number of fused-ring (bicyclic) bond motifs is 1. The number of benzene rings is 2. The number of carbonyl (C=O) groups is 2. The summed E-state index contributed by atoms with van der Waals surface area (Å²) in [6.45, 7) is 7.18. The first-order chi connectivity index (χ1) is 16.7. The van der Waals surface area contributed by atoms with E-state index in [-0.39, 0.29) is 12.5 Å². The summed E-state index contributed by atoms with van der Waals surface area (Å²) in [6, 6.07) is 11.9. The number of ether oxygens (including phenoxy) is 1. The third kappa shape index (κ3) is 4.99. The zero-order chi connectivity index (χ0) is 25.3. The zero-order valence-electron chi connectivity index (χ0n) is 19.7. The minimum Gasteiger partial charge on any atom is -0.459 e. The molecule has 0 spiro atoms. The molecule has 0 aliphatic heterocycles. The molecule has 1 N–H and O–H groups in total. The van der Waals surface area contributed by atoms with Gasteiger partial charge in [0.25, 0.3) is 11.5 Å². The molecule has 35 heavy (non-hydrogen) atoms. The van der Waals surface area contributed by atoms with Gasteiger partial charge in [0.2, 0.25) is 0 Å². The van der Waals surface area contributed by atoms with Crippen molar-refractivity contribution in [3.8, 4) is 0 Å². The van der Waals surface area contributed by atoms with E-state index in [1.165, 1.54) is 10.9 Å². The number of hydrogen-bond acceptors (Lipinski definition) is 6. The number of halogens is 1. The van der Waals surface area contributed by atoms with Crippen LogP contribution in [0.5, 0.6) is 0 Å². The van der Waals surface area contributed by atoms with Gasteiger partial charge in [-0.1, -0.05) is 47.5 Å². The Morgan fingerprint density at radius 3 is 2.63 bits per heavy atom. The largest absolute Gasteiger partial charge is 0.459 e. The summed E-state index contributed by atoms with van der Waals surface area (Å²) < 4.78 is 6.60. The highest BCUT2D eigenvalue weighted by Gasteiger charge is 2.24. The number of hydrogen-bond donors (Lipinski definition) is 1. The first kappa shape index (κ1) is 24.6. The van der Waals surface area contributed by atoms with Crippen molar-refractivity contribution in [2.45, 2.75) is 40.3 Å². The lowest BCUT2D eigenvalue weighted by atomic mass is 10.1. The highest BCUT2D eigenvalue weighted by molar-refractivity contribution is 7.20. The van der Waals surface area contributed by atoms with Crippen LogP contribution in [0.3, 0.4) is 0 Å².